The lowest BCUT2D eigenvalue weighted by Gasteiger charge is -2.09. The van der Waals surface area contributed by atoms with E-state index in [-0.39, 0.29) is 5.56 Å². The summed E-state index contributed by atoms with van der Waals surface area (Å²) in [7, 11) is 0. The van der Waals surface area contributed by atoms with E-state index in [9.17, 15) is 14.7 Å². The van der Waals surface area contributed by atoms with Crippen molar-refractivity contribution in [3.63, 3.8) is 0 Å². The Morgan fingerprint density at radius 1 is 1.16 bits per heavy atom. The highest BCUT2D eigenvalue weighted by Crippen LogP contribution is 2.19. The minimum Gasteiger partial charge on any atom is -0.493 e. The van der Waals surface area contributed by atoms with E-state index in [0.29, 0.717) is 16.4 Å². The number of hydrogen-bond acceptors (Lipinski definition) is 4. The van der Waals surface area contributed by atoms with E-state index in [1.54, 1.807) is 30.3 Å². The van der Waals surface area contributed by atoms with Gasteiger partial charge in [0.15, 0.2) is 0 Å². The number of halogens is 1. The fourth-order valence-corrected chi connectivity index (χ4v) is 2.46. The zero-order valence-corrected chi connectivity index (χ0v) is 14.0. The third-order valence-corrected chi connectivity index (χ3v) is 3.80. The van der Waals surface area contributed by atoms with E-state index in [4.69, 9.17) is 11.6 Å². The Kier molecular flexibility index (Phi) is 4.54. The van der Waals surface area contributed by atoms with E-state index < -0.39 is 17.1 Å². The minimum absolute atomic E-state index is 0.115. The lowest BCUT2D eigenvalue weighted by molar-refractivity contribution is 0.430. The molecule has 0 fully saturated rings. The van der Waals surface area contributed by atoms with Crippen LogP contribution in [0.15, 0.2) is 63.1 Å². The zero-order chi connectivity index (χ0) is 18.0. The Morgan fingerprint density at radius 2 is 1.88 bits per heavy atom. The standard InChI is InChI=1S/C18H14ClN3O3/c1-11-3-2-4-13(9-11)20-10-15-16(23)21-18(25)22(17(15)24)14-7-5-12(19)6-8-14/h2-10,24H,1H3,(H,21,23,25). The summed E-state index contributed by atoms with van der Waals surface area (Å²) in [6.45, 7) is 1.92. The minimum atomic E-state index is -0.752. The van der Waals surface area contributed by atoms with Crippen molar-refractivity contribution in [1.82, 2.24) is 9.55 Å². The average Bonchev–Trinajstić information content (AvgIpc) is 2.56. The second-order valence-electron chi connectivity index (χ2n) is 5.41. The first-order chi connectivity index (χ1) is 12.0. The number of aromatic hydroxyl groups is 1. The molecule has 1 aromatic heterocycles. The van der Waals surface area contributed by atoms with Crippen LogP contribution in [0.3, 0.4) is 0 Å². The van der Waals surface area contributed by atoms with Crippen LogP contribution in [-0.2, 0) is 0 Å². The van der Waals surface area contributed by atoms with Gasteiger partial charge < -0.3 is 5.11 Å². The molecule has 0 bridgehead atoms. The van der Waals surface area contributed by atoms with E-state index in [1.807, 2.05) is 25.1 Å². The molecule has 0 aliphatic carbocycles. The van der Waals surface area contributed by atoms with Crippen LogP contribution in [0.4, 0.5) is 5.69 Å². The average molecular weight is 356 g/mol. The van der Waals surface area contributed by atoms with Gasteiger partial charge in [0, 0.05) is 11.2 Å². The molecule has 3 aromatic rings. The number of aromatic amines is 1. The summed E-state index contributed by atoms with van der Waals surface area (Å²) in [6, 6.07) is 13.6. The molecular weight excluding hydrogens is 342 g/mol. The summed E-state index contributed by atoms with van der Waals surface area (Å²) in [5, 5.41) is 10.9. The molecule has 6 nitrogen and oxygen atoms in total. The summed E-state index contributed by atoms with van der Waals surface area (Å²) < 4.78 is 0.981. The van der Waals surface area contributed by atoms with Crippen LogP contribution < -0.4 is 11.2 Å². The number of H-pyrrole nitrogens is 1. The van der Waals surface area contributed by atoms with Gasteiger partial charge in [0.1, 0.15) is 5.56 Å². The van der Waals surface area contributed by atoms with Crippen LogP contribution in [0.2, 0.25) is 5.02 Å². The zero-order valence-electron chi connectivity index (χ0n) is 13.2. The number of nitrogens with one attached hydrogen (secondary N) is 1. The highest BCUT2D eigenvalue weighted by Gasteiger charge is 2.14. The molecule has 2 aromatic carbocycles. The summed E-state index contributed by atoms with van der Waals surface area (Å²) in [5.74, 6) is -0.493. The molecule has 0 aliphatic rings. The van der Waals surface area contributed by atoms with Gasteiger partial charge in [-0.25, -0.2) is 9.36 Å². The number of nitrogens with zero attached hydrogens (tertiary/aromatic N) is 2. The summed E-state index contributed by atoms with van der Waals surface area (Å²) in [5.41, 5.74) is 0.424. The smallest absolute Gasteiger partial charge is 0.335 e. The van der Waals surface area contributed by atoms with Gasteiger partial charge in [0.25, 0.3) is 5.56 Å². The summed E-state index contributed by atoms with van der Waals surface area (Å²) >= 11 is 5.84. The molecule has 0 radical (unpaired) electrons. The lowest BCUT2D eigenvalue weighted by atomic mass is 10.2. The topological polar surface area (TPSA) is 87.4 Å². The van der Waals surface area contributed by atoms with Gasteiger partial charge in [-0.2, -0.15) is 0 Å². The van der Waals surface area contributed by atoms with E-state index in [0.717, 1.165) is 10.1 Å². The first kappa shape index (κ1) is 16.7. The molecule has 0 spiro atoms. The van der Waals surface area contributed by atoms with Gasteiger partial charge in [0.2, 0.25) is 5.88 Å². The quantitative estimate of drug-likeness (QED) is 0.708. The number of benzene rings is 2. The van der Waals surface area contributed by atoms with Crippen molar-refractivity contribution >= 4 is 23.5 Å². The van der Waals surface area contributed by atoms with Crippen molar-refractivity contribution in [2.24, 2.45) is 4.99 Å². The predicted molar refractivity (Wildman–Crippen MR) is 97.8 cm³/mol. The Labute approximate surface area is 147 Å². The number of aliphatic imine (C=N–C) groups is 1. The third kappa shape index (κ3) is 3.54. The summed E-state index contributed by atoms with van der Waals surface area (Å²) in [6.07, 6.45) is 1.23. The molecular formula is C18H14ClN3O3. The molecule has 1 heterocycles. The van der Waals surface area contributed by atoms with Gasteiger partial charge >= 0.3 is 5.69 Å². The van der Waals surface area contributed by atoms with E-state index >= 15 is 0 Å². The second kappa shape index (κ2) is 6.78. The van der Waals surface area contributed by atoms with Crippen LogP contribution in [0.5, 0.6) is 5.88 Å². The Morgan fingerprint density at radius 3 is 2.56 bits per heavy atom. The number of rotatable bonds is 3. The molecule has 0 unspecified atom stereocenters. The molecule has 0 aliphatic heterocycles. The van der Waals surface area contributed by atoms with Gasteiger partial charge in [0.05, 0.1) is 11.4 Å². The van der Waals surface area contributed by atoms with Crippen molar-refractivity contribution < 1.29 is 5.11 Å². The van der Waals surface area contributed by atoms with Crippen LogP contribution in [0.1, 0.15) is 11.1 Å². The molecule has 0 saturated heterocycles. The molecule has 3 rings (SSSR count). The number of aryl methyl sites for hydroxylation is 1. The van der Waals surface area contributed by atoms with Crippen molar-refractivity contribution in [2.75, 3.05) is 0 Å². The van der Waals surface area contributed by atoms with Crippen LogP contribution in [0.25, 0.3) is 5.69 Å². The highest BCUT2D eigenvalue weighted by molar-refractivity contribution is 6.30. The molecule has 126 valence electrons. The maximum Gasteiger partial charge on any atom is 0.335 e. The van der Waals surface area contributed by atoms with E-state index in [1.165, 1.54) is 6.21 Å². The molecule has 0 atom stereocenters. The van der Waals surface area contributed by atoms with Crippen molar-refractivity contribution in [3.8, 4) is 11.6 Å². The molecule has 7 heteroatoms. The second-order valence-corrected chi connectivity index (χ2v) is 5.84. The lowest BCUT2D eigenvalue weighted by Crippen LogP contribution is -2.31. The van der Waals surface area contributed by atoms with Crippen molar-refractivity contribution in [2.45, 2.75) is 6.92 Å². The predicted octanol–water partition coefficient (Wildman–Crippen LogP) is 2.94. The molecule has 0 saturated carbocycles. The van der Waals surface area contributed by atoms with Crippen molar-refractivity contribution in [1.29, 1.82) is 0 Å². The maximum absolute atomic E-state index is 12.1. The number of aromatic nitrogens is 2. The fraction of sp³-hybridized carbons (Fsp3) is 0.0556. The van der Waals surface area contributed by atoms with Gasteiger partial charge in [-0.1, -0.05) is 23.7 Å². The van der Waals surface area contributed by atoms with Crippen LogP contribution in [-0.4, -0.2) is 20.9 Å². The van der Waals surface area contributed by atoms with Crippen LogP contribution >= 0.6 is 11.6 Å². The van der Waals surface area contributed by atoms with Crippen LogP contribution in [0, 0.1) is 6.92 Å². The molecule has 25 heavy (non-hydrogen) atoms. The number of hydrogen-bond donors (Lipinski definition) is 2. The highest BCUT2D eigenvalue weighted by atomic mass is 35.5. The fourth-order valence-electron chi connectivity index (χ4n) is 2.33. The normalized spacial score (nSPS) is 11.1. The largest absolute Gasteiger partial charge is 0.493 e. The Bertz CT molecular complexity index is 1070. The third-order valence-electron chi connectivity index (χ3n) is 3.55. The van der Waals surface area contributed by atoms with Gasteiger partial charge in [-0.15, -0.1) is 0 Å². The molecule has 2 N–H and O–H groups in total. The monoisotopic (exact) mass is 355 g/mol. The summed E-state index contributed by atoms with van der Waals surface area (Å²) in [4.78, 5) is 30.5. The van der Waals surface area contributed by atoms with Gasteiger partial charge in [-0.05, 0) is 48.9 Å². The first-order valence-corrected chi connectivity index (χ1v) is 7.78. The van der Waals surface area contributed by atoms with Crippen molar-refractivity contribution in [3.05, 3.63) is 85.5 Å². The first-order valence-electron chi connectivity index (χ1n) is 7.40. The van der Waals surface area contributed by atoms with E-state index in [2.05, 4.69) is 9.98 Å². The molecule has 0 amide bonds. The Hall–Kier alpha value is -3.12. The maximum atomic E-state index is 12.1. The Balaban J connectivity index is 2.12. The SMILES string of the molecule is Cc1cccc(N=Cc2c(O)n(-c3ccc(Cl)cc3)c(=O)[nH]c2=O)c1. The van der Waals surface area contributed by atoms with Gasteiger partial charge in [-0.3, -0.25) is 14.8 Å².